The minimum Gasteiger partial charge on any atom is -0.497 e. The molecule has 28 heavy (non-hydrogen) atoms. The molecule has 3 heterocycles. The molecule has 142 valence electrons. The van der Waals surface area contributed by atoms with Crippen molar-refractivity contribution in [3.8, 4) is 5.75 Å². The topological polar surface area (TPSA) is 100 Å². The summed E-state index contributed by atoms with van der Waals surface area (Å²) in [4.78, 5) is 34.3. The number of amides is 1. The van der Waals surface area contributed by atoms with Gasteiger partial charge in [-0.15, -0.1) is 11.3 Å². The van der Waals surface area contributed by atoms with Crippen molar-refractivity contribution in [1.29, 1.82) is 0 Å². The first kappa shape index (κ1) is 18.5. The molecule has 0 fully saturated rings. The van der Waals surface area contributed by atoms with Gasteiger partial charge in [0.05, 0.1) is 24.9 Å². The number of benzene rings is 1. The zero-order valence-corrected chi connectivity index (χ0v) is 16.5. The monoisotopic (exact) mass is 412 g/mol. The predicted molar refractivity (Wildman–Crippen MR) is 111 cm³/mol. The van der Waals surface area contributed by atoms with Gasteiger partial charge in [-0.05, 0) is 29.8 Å². The molecule has 0 saturated carbocycles. The number of carbonyl (C=O) groups is 1. The van der Waals surface area contributed by atoms with Crippen molar-refractivity contribution in [1.82, 2.24) is 14.5 Å². The fourth-order valence-corrected chi connectivity index (χ4v) is 4.60. The Morgan fingerprint density at radius 3 is 2.79 bits per heavy atom. The number of carbonyl (C=O) groups excluding carboxylic acids is 1. The number of fused-ring (bicyclic) bond motifs is 3. The molecule has 9 heteroatoms. The van der Waals surface area contributed by atoms with E-state index in [1.807, 2.05) is 36.4 Å². The van der Waals surface area contributed by atoms with E-state index in [9.17, 15) is 9.59 Å². The van der Waals surface area contributed by atoms with Crippen LogP contribution in [0.5, 0.6) is 5.75 Å². The Morgan fingerprint density at radius 1 is 1.29 bits per heavy atom. The molecule has 2 N–H and O–H groups in total. The largest absolute Gasteiger partial charge is 0.497 e. The summed E-state index contributed by atoms with van der Waals surface area (Å²) in [5.74, 6) is 0.316. The molecule has 7 nitrogen and oxygen atoms in total. The van der Waals surface area contributed by atoms with Gasteiger partial charge in [-0.3, -0.25) is 14.2 Å². The van der Waals surface area contributed by atoms with Crippen LogP contribution in [0.25, 0.3) is 20.4 Å². The van der Waals surface area contributed by atoms with E-state index in [-0.39, 0.29) is 11.3 Å². The molecule has 0 spiro atoms. The Hall–Kier alpha value is -2.91. The fourth-order valence-electron chi connectivity index (χ4n) is 2.84. The lowest BCUT2D eigenvalue weighted by molar-refractivity contribution is -0.115. The van der Waals surface area contributed by atoms with Gasteiger partial charge >= 0.3 is 0 Å². The maximum atomic E-state index is 13.2. The van der Waals surface area contributed by atoms with Crippen LogP contribution in [0.2, 0.25) is 0 Å². The van der Waals surface area contributed by atoms with Crippen LogP contribution in [0.4, 0.5) is 0 Å². The van der Waals surface area contributed by atoms with Gasteiger partial charge in [0.1, 0.15) is 15.3 Å². The number of hydrogen-bond donors (Lipinski definition) is 1. The summed E-state index contributed by atoms with van der Waals surface area (Å²) in [5, 5.41) is 1.28. The first-order valence-electron chi connectivity index (χ1n) is 8.39. The maximum Gasteiger partial charge on any atom is 0.272 e. The second kappa shape index (κ2) is 7.61. The zero-order valence-electron chi connectivity index (χ0n) is 14.9. The number of rotatable bonds is 6. The van der Waals surface area contributed by atoms with Crippen LogP contribution in [-0.2, 0) is 11.3 Å². The number of primary amides is 1. The quantitative estimate of drug-likeness (QED) is 0.386. The Balaban J connectivity index is 1.87. The molecule has 0 aliphatic rings. The number of nitrogens with zero attached hydrogens (tertiary/aromatic N) is 3. The van der Waals surface area contributed by atoms with Crippen LogP contribution in [0, 0.1) is 0 Å². The van der Waals surface area contributed by atoms with Gasteiger partial charge in [0.2, 0.25) is 5.91 Å². The van der Waals surface area contributed by atoms with Gasteiger partial charge < -0.3 is 10.5 Å². The summed E-state index contributed by atoms with van der Waals surface area (Å²) in [6.07, 6.45) is 1.69. The van der Waals surface area contributed by atoms with Gasteiger partial charge in [-0.1, -0.05) is 23.9 Å². The van der Waals surface area contributed by atoms with Gasteiger partial charge in [0.25, 0.3) is 5.56 Å². The summed E-state index contributed by atoms with van der Waals surface area (Å²) < 4.78 is 7.30. The molecule has 4 aromatic rings. The number of hydrogen-bond acceptors (Lipinski definition) is 7. The standard InChI is InChI=1S/C19H16N4O3S2/c1-26-12-6-4-11(5-7-12)9-23-18(25)16-15(22-19(23)27-10-14(20)24)13-3-2-8-21-17(13)28-16/h2-8H,9-10H2,1H3,(H2,20,24). The van der Waals surface area contributed by atoms with E-state index in [2.05, 4.69) is 9.97 Å². The molecule has 3 aromatic heterocycles. The van der Waals surface area contributed by atoms with E-state index in [1.54, 1.807) is 17.9 Å². The van der Waals surface area contributed by atoms with E-state index < -0.39 is 5.91 Å². The minimum atomic E-state index is -0.466. The Labute approximate surface area is 168 Å². The number of pyridine rings is 1. The van der Waals surface area contributed by atoms with Crippen molar-refractivity contribution in [3.63, 3.8) is 0 Å². The van der Waals surface area contributed by atoms with Crippen LogP contribution >= 0.6 is 23.1 Å². The molecule has 0 unspecified atom stereocenters. The van der Waals surface area contributed by atoms with Crippen molar-refractivity contribution in [3.05, 3.63) is 58.5 Å². The molecule has 0 saturated heterocycles. The van der Waals surface area contributed by atoms with Crippen molar-refractivity contribution >= 4 is 49.4 Å². The van der Waals surface area contributed by atoms with Crippen LogP contribution < -0.4 is 16.0 Å². The molecule has 0 atom stereocenters. The van der Waals surface area contributed by atoms with E-state index in [0.717, 1.165) is 33.3 Å². The number of aromatic nitrogens is 3. The lowest BCUT2D eigenvalue weighted by atomic mass is 10.2. The average molecular weight is 412 g/mol. The van der Waals surface area contributed by atoms with Crippen LogP contribution in [-0.4, -0.2) is 33.3 Å². The normalized spacial score (nSPS) is 11.2. The highest BCUT2D eigenvalue weighted by Crippen LogP contribution is 2.30. The third-order valence-corrected chi connectivity index (χ3v) is 6.25. The Bertz CT molecular complexity index is 1230. The molecule has 1 amide bonds. The average Bonchev–Trinajstić information content (AvgIpc) is 3.08. The predicted octanol–water partition coefficient (Wildman–Crippen LogP) is 2.64. The summed E-state index contributed by atoms with van der Waals surface area (Å²) in [5.41, 5.74) is 6.67. The first-order chi connectivity index (χ1) is 13.6. The van der Waals surface area contributed by atoms with Crippen LogP contribution in [0.3, 0.4) is 0 Å². The SMILES string of the molecule is COc1ccc(Cn2c(SCC(N)=O)nc3c(sc4ncccc43)c2=O)cc1. The molecule has 4 rings (SSSR count). The number of ether oxygens (including phenoxy) is 1. The highest BCUT2D eigenvalue weighted by Gasteiger charge is 2.17. The van der Waals surface area contributed by atoms with E-state index in [1.165, 1.54) is 11.3 Å². The third-order valence-electron chi connectivity index (χ3n) is 4.16. The van der Waals surface area contributed by atoms with E-state index in [4.69, 9.17) is 10.5 Å². The van der Waals surface area contributed by atoms with Gasteiger partial charge in [-0.25, -0.2) is 9.97 Å². The van der Waals surface area contributed by atoms with Crippen molar-refractivity contribution in [2.45, 2.75) is 11.7 Å². The highest BCUT2D eigenvalue weighted by atomic mass is 32.2. The molecule has 0 bridgehead atoms. The van der Waals surface area contributed by atoms with Gasteiger partial charge in [0.15, 0.2) is 5.16 Å². The molecule has 0 radical (unpaired) electrons. The summed E-state index contributed by atoms with van der Waals surface area (Å²) in [7, 11) is 1.60. The fraction of sp³-hybridized carbons (Fsp3) is 0.158. The second-order valence-corrected chi connectivity index (χ2v) is 7.97. The van der Waals surface area contributed by atoms with E-state index >= 15 is 0 Å². The zero-order chi connectivity index (χ0) is 19.7. The smallest absolute Gasteiger partial charge is 0.272 e. The third kappa shape index (κ3) is 3.46. The van der Waals surface area contributed by atoms with Crippen molar-refractivity contribution < 1.29 is 9.53 Å². The molecular formula is C19H16N4O3S2. The Kier molecular flexibility index (Phi) is 5.01. The molecule has 0 aliphatic heterocycles. The highest BCUT2D eigenvalue weighted by molar-refractivity contribution is 7.99. The second-order valence-electron chi connectivity index (χ2n) is 6.02. The molecular weight excluding hydrogens is 396 g/mol. The lowest BCUT2D eigenvalue weighted by Crippen LogP contribution is -2.24. The number of thiophene rings is 1. The number of nitrogens with two attached hydrogens (primary N) is 1. The maximum absolute atomic E-state index is 13.2. The summed E-state index contributed by atoms with van der Waals surface area (Å²) in [6.45, 7) is 0.328. The summed E-state index contributed by atoms with van der Waals surface area (Å²) >= 11 is 2.48. The van der Waals surface area contributed by atoms with Crippen molar-refractivity contribution in [2.75, 3.05) is 12.9 Å². The molecule has 0 aliphatic carbocycles. The first-order valence-corrected chi connectivity index (χ1v) is 10.2. The number of methoxy groups -OCH3 is 1. The van der Waals surface area contributed by atoms with E-state index in [0.29, 0.717) is 21.9 Å². The summed E-state index contributed by atoms with van der Waals surface area (Å²) in [6, 6.07) is 11.2. The van der Waals surface area contributed by atoms with Crippen LogP contribution in [0.15, 0.2) is 52.5 Å². The van der Waals surface area contributed by atoms with Gasteiger partial charge in [0, 0.05) is 11.6 Å². The van der Waals surface area contributed by atoms with Gasteiger partial charge in [-0.2, -0.15) is 0 Å². The Morgan fingerprint density at radius 2 is 2.07 bits per heavy atom. The molecule has 1 aromatic carbocycles. The number of thioether (sulfide) groups is 1. The van der Waals surface area contributed by atoms with Crippen molar-refractivity contribution in [2.24, 2.45) is 5.73 Å². The minimum absolute atomic E-state index is 0.0425. The van der Waals surface area contributed by atoms with Crippen LogP contribution in [0.1, 0.15) is 5.56 Å². The lowest BCUT2D eigenvalue weighted by Gasteiger charge is -2.12.